The normalized spacial score (nSPS) is 17.2. The minimum absolute atomic E-state index is 0. The smallest absolute Gasteiger partial charge is 0.191 e. The quantitative estimate of drug-likeness (QED) is 0.385. The number of rotatable bonds is 6. The highest BCUT2D eigenvalue weighted by molar-refractivity contribution is 14.0. The first kappa shape index (κ1) is 20.1. The summed E-state index contributed by atoms with van der Waals surface area (Å²) < 4.78 is 1.86. The highest BCUT2D eigenvalue weighted by atomic mass is 127. The topological polar surface area (TPSA) is 54.2 Å². The Bertz CT molecular complexity index is 636. The summed E-state index contributed by atoms with van der Waals surface area (Å²) in [5.41, 5.74) is 2.26. The van der Waals surface area contributed by atoms with Crippen molar-refractivity contribution in [3.8, 4) is 5.69 Å². The Morgan fingerprint density at radius 2 is 2.16 bits per heavy atom. The second-order valence-corrected chi connectivity index (χ2v) is 7.24. The van der Waals surface area contributed by atoms with E-state index in [9.17, 15) is 0 Å². The molecule has 25 heavy (non-hydrogen) atoms. The first-order valence-electron chi connectivity index (χ1n) is 8.58. The highest BCUT2D eigenvalue weighted by Gasteiger charge is 2.15. The molecule has 5 nitrogen and oxygen atoms in total. The molecule has 136 valence electrons. The van der Waals surface area contributed by atoms with Crippen LogP contribution < -0.4 is 10.6 Å². The number of nitrogens with one attached hydrogen (secondary N) is 2. The van der Waals surface area contributed by atoms with Crippen LogP contribution in [0.1, 0.15) is 25.3 Å². The summed E-state index contributed by atoms with van der Waals surface area (Å²) in [6.45, 7) is 4.64. The number of guanidine groups is 1. The van der Waals surface area contributed by atoms with Gasteiger partial charge >= 0.3 is 0 Å². The molecule has 1 unspecified atom stereocenters. The lowest BCUT2D eigenvalue weighted by Gasteiger charge is -2.14. The van der Waals surface area contributed by atoms with Crippen LogP contribution in [0.25, 0.3) is 5.69 Å². The average molecular weight is 471 g/mol. The molecule has 0 spiro atoms. The van der Waals surface area contributed by atoms with Crippen molar-refractivity contribution >= 4 is 41.7 Å². The second-order valence-electron chi connectivity index (χ2n) is 5.83. The van der Waals surface area contributed by atoms with E-state index >= 15 is 0 Å². The zero-order valence-electron chi connectivity index (χ0n) is 14.5. The summed E-state index contributed by atoms with van der Waals surface area (Å²) in [5, 5.41) is 11.8. The SMILES string of the molecule is CCNC(=NCc1ccc(-n2cccn2)cc1)NCC1CCCS1.I. The van der Waals surface area contributed by atoms with Crippen LogP contribution in [0.3, 0.4) is 0 Å². The van der Waals surface area contributed by atoms with E-state index in [1.807, 2.05) is 16.9 Å². The van der Waals surface area contributed by atoms with Crippen molar-refractivity contribution in [3.63, 3.8) is 0 Å². The molecule has 2 heterocycles. The van der Waals surface area contributed by atoms with E-state index in [1.165, 1.54) is 24.2 Å². The first-order valence-corrected chi connectivity index (χ1v) is 9.63. The van der Waals surface area contributed by atoms with Crippen LogP contribution in [0.2, 0.25) is 0 Å². The molecule has 1 aromatic heterocycles. The average Bonchev–Trinajstić information content (AvgIpc) is 3.31. The molecule has 2 aromatic rings. The number of hydrogen-bond donors (Lipinski definition) is 2. The minimum Gasteiger partial charge on any atom is -0.357 e. The molecule has 0 bridgehead atoms. The molecule has 1 aliphatic heterocycles. The summed E-state index contributed by atoms with van der Waals surface area (Å²) in [6.07, 6.45) is 6.38. The van der Waals surface area contributed by atoms with E-state index in [1.54, 1.807) is 6.20 Å². The molecule has 1 aromatic carbocycles. The van der Waals surface area contributed by atoms with Gasteiger partial charge in [-0.25, -0.2) is 9.67 Å². The van der Waals surface area contributed by atoms with Crippen LogP contribution in [0, 0.1) is 0 Å². The largest absolute Gasteiger partial charge is 0.357 e. The van der Waals surface area contributed by atoms with Crippen LogP contribution in [0.15, 0.2) is 47.7 Å². The molecule has 0 aliphatic carbocycles. The summed E-state index contributed by atoms with van der Waals surface area (Å²) in [6, 6.07) is 10.3. The van der Waals surface area contributed by atoms with Crippen molar-refractivity contribution in [1.82, 2.24) is 20.4 Å². The second kappa shape index (κ2) is 10.7. The molecule has 0 saturated carbocycles. The lowest BCUT2D eigenvalue weighted by molar-refractivity contribution is 0.727. The number of hydrogen-bond acceptors (Lipinski definition) is 3. The van der Waals surface area contributed by atoms with Crippen molar-refractivity contribution in [3.05, 3.63) is 48.3 Å². The Morgan fingerprint density at radius 3 is 2.80 bits per heavy atom. The van der Waals surface area contributed by atoms with Gasteiger partial charge in [0.1, 0.15) is 0 Å². The van der Waals surface area contributed by atoms with Crippen molar-refractivity contribution in [2.45, 2.75) is 31.6 Å². The predicted molar refractivity (Wildman–Crippen MR) is 117 cm³/mol. The third kappa shape index (κ3) is 6.22. The van der Waals surface area contributed by atoms with Gasteiger partial charge in [-0.15, -0.1) is 24.0 Å². The van der Waals surface area contributed by atoms with Crippen molar-refractivity contribution in [2.24, 2.45) is 4.99 Å². The van der Waals surface area contributed by atoms with E-state index in [4.69, 9.17) is 4.99 Å². The van der Waals surface area contributed by atoms with Crippen LogP contribution in [0.5, 0.6) is 0 Å². The molecular weight excluding hydrogens is 445 g/mol. The van der Waals surface area contributed by atoms with Gasteiger partial charge in [0, 0.05) is 30.7 Å². The Morgan fingerprint density at radius 1 is 1.32 bits per heavy atom. The monoisotopic (exact) mass is 471 g/mol. The molecule has 3 rings (SSSR count). The van der Waals surface area contributed by atoms with Gasteiger partial charge in [0.25, 0.3) is 0 Å². The zero-order valence-corrected chi connectivity index (χ0v) is 17.7. The number of thioether (sulfide) groups is 1. The van der Waals surface area contributed by atoms with Crippen LogP contribution in [-0.4, -0.2) is 39.8 Å². The lowest BCUT2D eigenvalue weighted by Crippen LogP contribution is -2.40. The summed E-state index contributed by atoms with van der Waals surface area (Å²) >= 11 is 2.06. The van der Waals surface area contributed by atoms with Crippen molar-refractivity contribution in [2.75, 3.05) is 18.8 Å². The predicted octanol–water partition coefficient (Wildman–Crippen LogP) is 3.44. The van der Waals surface area contributed by atoms with Crippen molar-refractivity contribution in [1.29, 1.82) is 0 Å². The fraction of sp³-hybridized carbons (Fsp3) is 0.444. The number of aliphatic imine (C=N–C) groups is 1. The maximum atomic E-state index is 4.70. The van der Waals surface area contributed by atoms with Crippen LogP contribution in [0.4, 0.5) is 0 Å². The Hall–Kier alpha value is -1.22. The van der Waals surface area contributed by atoms with Crippen LogP contribution >= 0.6 is 35.7 Å². The molecule has 0 radical (unpaired) electrons. The fourth-order valence-electron chi connectivity index (χ4n) is 2.70. The number of nitrogens with zero attached hydrogens (tertiary/aromatic N) is 3. The molecule has 1 saturated heterocycles. The minimum atomic E-state index is 0. The van der Waals surface area contributed by atoms with Gasteiger partial charge in [-0.2, -0.15) is 16.9 Å². The van der Waals surface area contributed by atoms with Gasteiger partial charge in [0.2, 0.25) is 0 Å². The van der Waals surface area contributed by atoms with Gasteiger partial charge in [0.05, 0.1) is 12.2 Å². The van der Waals surface area contributed by atoms with E-state index in [2.05, 4.69) is 58.7 Å². The first-order chi connectivity index (χ1) is 11.8. The highest BCUT2D eigenvalue weighted by Crippen LogP contribution is 2.25. The summed E-state index contributed by atoms with van der Waals surface area (Å²) in [5.74, 6) is 2.20. The van der Waals surface area contributed by atoms with E-state index < -0.39 is 0 Å². The third-order valence-corrected chi connectivity index (χ3v) is 5.39. The van der Waals surface area contributed by atoms with Crippen molar-refractivity contribution < 1.29 is 0 Å². The zero-order chi connectivity index (χ0) is 16.6. The maximum absolute atomic E-state index is 4.70. The number of benzene rings is 1. The standard InChI is InChI=1S/C18H25N5S.HI/c1-2-19-18(21-14-17-5-3-12-24-17)20-13-15-6-8-16(9-7-15)23-11-4-10-22-23;/h4,6-11,17H,2-3,5,12-14H2,1H3,(H2,19,20,21);1H. The van der Waals surface area contributed by atoms with Gasteiger partial charge in [-0.05, 0) is 49.3 Å². The van der Waals surface area contributed by atoms with Gasteiger partial charge in [0.15, 0.2) is 5.96 Å². The van der Waals surface area contributed by atoms with E-state index in [0.29, 0.717) is 6.54 Å². The Balaban J connectivity index is 0.00000225. The molecule has 1 atom stereocenters. The molecule has 0 amide bonds. The molecule has 1 aliphatic rings. The molecular formula is C18H26IN5S. The number of halogens is 1. The number of aromatic nitrogens is 2. The lowest BCUT2D eigenvalue weighted by atomic mass is 10.2. The fourth-order valence-corrected chi connectivity index (χ4v) is 3.90. The summed E-state index contributed by atoms with van der Waals surface area (Å²) in [4.78, 5) is 4.70. The summed E-state index contributed by atoms with van der Waals surface area (Å²) in [7, 11) is 0. The Kier molecular flexibility index (Phi) is 8.60. The van der Waals surface area contributed by atoms with Gasteiger partial charge in [-0.3, -0.25) is 0 Å². The van der Waals surface area contributed by atoms with Gasteiger partial charge in [-0.1, -0.05) is 12.1 Å². The van der Waals surface area contributed by atoms with E-state index in [0.717, 1.165) is 30.0 Å². The maximum Gasteiger partial charge on any atom is 0.191 e. The van der Waals surface area contributed by atoms with E-state index in [-0.39, 0.29) is 24.0 Å². The molecule has 2 N–H and O–H groups in total. The third-order valence-electron chi connectivity index (χ3n) is 3.99. The Labute approximate surface area is 171 Å². The molecule has 7 heteroatoms. The van der Waals surface area contributed by atoms with Gasteiger partial charge < -0.3 is 10.6 Å². The molecule has 1 fully saturated rings. The van der Waals surface area contributed by atoms with Crippen LogP contribution in [-0.2, 0) is 6.54 Å².